The predicted molar refractivity (Wildman–Crippen MR) is 90.9 cm³/mol. The Morgan fingerprint density at radius 1 is 1.14 bits per heavy atom. The molecule has 0 aliphatic heterocycles. The summed E-state index contributed by atoms with van der Waals surface area (Å²) in [5.74, 6) is 0.0265. The van der Waals surface area contributed by atoms with Crippen LogP contribution in [0.3, 0.4) is 0 Å². The van der Waals surface area contributed by atoms with Crippen LogP contribution in [0.1, 0.15) is 11.1 Å². The van der Waals surface area contributed by atoms with E-state index in [0.717, 1.165) is 25.7 Å². The van der Waals surface area contributed by atoms with Gasteiger partial charge in [-0.1, -0.05) is 30.3 Å². The van der Waals surface area contributed by atoms with Crippen molar-refractivity contribution in [1.29, 1.82) is 0 Å². The highest BCUT2D eigenvalue weighted by molar-refractivity contribution is 14.1. The highest BCUT2D eigenvalue weighted by Gasteiger charge is 2.06. The van der Waals surface area contributed by atoms with E-state index in [0.29, 0.717) is 13.0 Å². The van der Waals surface area contributed by atoms with Crippen LogP contribution in [0.2, 0.25) is 0 Å². The number of benzene rings is 2. The van der Waals surface area contributed by atoms with Crippen LogP contribution in [0.4, 0.5) is 0 Å². The first kappa shape index (κ1) is 14.1. The summed E-state index contributed by atoms with van der Waals surface area (Å²) in [7, 11) is 0. The van der Waals surface area contributed by atoms with Crippen molar-refractivity contribution in [3.05, 3.63) is 69.5 Å². The van der Waals surface area contributed by atoms with Crippen molar-refractivity contribution in [3.8, 4) is 0 Å². The number of halogens is 1. The highest BCUT2D eigenvalue weighted by Crippen LogP contribution is 2.17. The molecular weight excluding hydrogens is 377 g/mol. The zero-order chi connectivity index (χ0) is 14.7. The van der Waals surface area contributed by atoms with Gasteiger partial charge >= 0.3 is 0 Å². The van der Waals surface area contributed by atoms with E-state index in [1.807, 2.05) is 48.5 Å². The van der Waals surface area contributed by atoms with Crippen LogP contribution in [-0.4, -0.2) is 5.91 Å². The Morgan fingerprint density at radius 3 is 2.86 bits per heavy atom. The van der Waals surface area contributed by atoms with Crippen LogP contribution in [0, 0.1) is 3.57 Å². The molecule has 2 aromatic carbocycles. The van der Waals surface area contributed by atoms with Crippen LogP contribution < -0.4 is 5.32 Å². The number of hydrogen-bond donors (Lipinski definition) is 1. The molecule has 3 nitrogen and oxygen atoms in total. The Balaban J connectivity index is 1.61. The Kier molecular flexibility index (Phi) is 4.24. The molecule has 0 spiro atoms. The van der Waals surface area contributed by atoms with Crippen molar-refractivity contribution in [2.45, 2.75) is 13.0 Å². The first-order valence-corrected chi connectivity index (χ1v) is 7.76. The van der Waals surface area contributed by atoms with Crippen molar-refractivity contribution >= 4 is 39.5 Å². The van der Waals surface area contributed by atoms with E-state index >= 15 is 0 Å². The van der Waals surface area contributed by atoms with E-state index in [4.69, 9.17) is 4.42 Å². The third-order valence-corrected chi connectivity index (χ3v) is 4.37. The lowest BCUT2D eigenvalue weighted by atomic mass is 10.1. The van der Waals surface area contributed by atoms with Gasteiger partial charge < -0.3 is 9.73 Å². The molecule has 0 aliphatic carbocycles. The molecule has 1 aromatic heterocycles. The lowest BCUT2D eigenvalue weighted by Gasteiger charge is -2.07. The third kappa shape index (κ3) is 3.44. The summed E-state index contributed by atoms with van der Waals surface area (Å²) in [4.78, 5) is 12.0. The molecule has 0 saturated heterocycles. The second-order valence-corrected chi connectivity index (χ2v) is 6.00. The molecule has 0 fully saturated rings. The maximum absolute atomic E-state index is 12.0. The molecule has 0 atom stereocenters. The Labute approximate surface area is 136 Å². The minimum atomic E-state index is 0.0265. The average molecular weight is 391 g/mol. The van der Waals surface area contributed by atoms with Gasteiger partial charge in [-0.2, -0.15) is 0 Å². The quantitative estimate of drug-likeness (QED) is 0.686. The summed E-state index contributed by atoms with van der Waals surface area (Å²) in [5, 5.41) is 4.02. The molecule has 3 rings (SSSR count). The highest BCUT2D eigenvalue weighted by atomic mass is 127. The fourth-order valence-electron chi connectivity index (χ4n) is 2.19. The average Bonchev–Trinajstić information content (AvgIpc) is 2.95. The van der Waals surface area contributed by atoms with Crippen LogP contribution in [0.15, 0.2) is 59.2 Å². The number of amides is 1. The molecule has 21 heavy (non-hydrogen) atoms. The van der Waals surface area contributed by atoms with Crippen LogP contribution in [-0.2, 0) is 17.8 Å². The summed E-state index contributed by atoms with van der Waals surface area (Å²) >= 11 is 2.25. The van der Waals surface area contributed by atoms with Crippen molar-refractivity contribution in [1.82, 2.24) is 5.32 Å². The van der Waals surface area contributed by atoms with Crippen LogP contribution in [0.25, 0.3) is 11.0 Å². The van der Waals surface area contributed by atoms with Gasteiger partial charge in [-0.3, -0.25) is 4.79 Å². The van der Waals surface area contributed by atoms with Gasteiger partial charge in [-0.05, 0) is 51.9 Å². The van der Waals surface area contributed by atoms with Crippen molar-refractivity contribution in [3.63, 3.8) is 0 Å². The number of furan rings is 1. The molecule has 1 N–H and O–H groups in total. The van der Waals surface area contributed by atoms with Gasteiger partial charge in [0.1, 0.15) is 5.58 Å². The van der Waals surface area contributed by atoms with Crippen LogP contribution in [0.5, 0.6) is 0 Å². The minimum absolute atomic E-state index is 0.0265. The number of hydrogen-bond acceptors (Lipinski definition) is 2. The molecule has 106 valence electrons. The second kappa shape index (κ2) is 6.30. The SMILES string of the molecule is O=C(Cc1ccccc1I)NCc1ccc2ccoc2c1. The molecule has 3 aromatic rings. The molecule has 1 heterocycles. The van der Waals surface area contributed by atoms with Gasteiger partial charge in [-0.15, -0.1) is 0 Å². The first-order valence-electron chi connectivity index (χ1n) is 6.68. The number of nitrogens with one attached hydrogen (secondary N) is 1. The molecule has 0 saturated carbocycles. The Bertz CT molecular complexity index is 779. The predicted octanol–water partition coefficient (Wildman–Crippen LogP) is 3.90. The summed E-state index contributed by atoms with van der Waals surface area (Å²) in [6.45, 7) is 0.513. The second-order valence-electron chi connectivity index (χ2n) is 4.84. The van der Waals surface area contributed by atoms with Gasteiger partial charge in [0.05, 0.1) is 12.7 Å². The van der Waals surface area contributed by atoms with Gasteiger partial charge in [-0.25, -0.2) is 0 Å². The maximum Gasteiger partial charge on any atom is 0.224 e. The van der Waals surface area contributed by atoms with Crippen LogP contribution >= 0.6 is 22.6 Å². The molecule has 1 amide bonds. The fraction of sp³-hybridized carbons (Fsp3) is 0.118. The van der Waals surface area contributed by atoms with E-state index in [9.17, 15) is 4.79 Å². The first-order chi connectivity index (χ1) is 10.2. The number of carbonyl (C=O) groups is 1. The number of carbonyl (C=O) groups excluding carboxylic acids is 1. The minimum Gasteiger partial charge on any atom is -0.464 e. The van der Waals surface area contributed by atoms with E-state index in [1.54, 1.807) is 6.26 Å². The zero-order valence-electron chi connectivity index (χ0n) is 11.3. The maximum atomic E-state index is 12.0. The van der Waals surface area contributed by atoms with Gasteiger partial charge in [0, 0.05) is 15.5 Å². The lowest BCUT2D eigenvalue weighted by Crippen LogP contribution is -2.24. The lowest BCUT2D eigenvalue weighted by molar-refractivity contribution is -0.120. The van der Waals surface area contributed by atoms with Crippen molar-refractivity contribution in [2.75, 3.05) is 0 Å². The Morgan fingerprint density at radius 2 is 2.00 bits per heavy atom. The molecule has 0 aliphatic rings. The van der Waals surface area contributed by atoms with E-state index in [-0.39, 0.29) is 5.91 Å². The summed E-state index contributed by atoms with van der Waals surface area (Å²) < 4.78 is 6.48. The summed E-state index contributed by atoms with van der Waals surface area (Å²) in [5.41, 5.74) is 2.94. The molecule has 0 bridgehead atoms. The third-order valence-electron chi connectivity index (χ3n) is 3.32. The molecule has 0 radical (unpaired) electrons. The topological polar surface area (TPSA) is 42.2 Å². The number of rotatable bonds is 4. The smallest absolute Gasteiger partial charge is 0.224 e. The normalized spacial score (nSPS) is 10.7. The standard InChI is InChI=1S/C17H14INO2/c18-15-4-2-1-3-14(15)10-17(20)19-11-12-5-6-13-7-8-21-16(13)9-12/h1-9H,10-11H2,(H,19,20). The monoisotopic (exact) mass is 391 g/mol. The van der Waals surface area contributed by atoms with Gasteiger partial charge in [0.2, 0.25) is 5.91 Å². The fourth-order valence-corrected chi connectivity index (χ4v) is 2.77. The largest absolute Gasteiger partial charge is 0.464 e. The summed E-state index contributed by atoms with van der Waals surface area (Å²) in [6.07, 6.45) is 2.08. The van der Waals surface area contributed by atoms with E-state index in [1.165, 1.54) is 0 Å². The van der Waals surface area contributed by atoms with E-state index in [2.05, 4.69) is 27.9 Å². The molecule has 0 unspecified atom stereocenters. The van der Waals surface area contributed by atoms with E-state index < -0.39 is 0 Å². The molecule has 4 heteroatoms. The van der Waals surface area contributed by atoms with Gasteiger partial charge in [0.15, 0.2) is 0 Å². The van der Waals surface area contributed by atoms with Crippen molar-refractivity contribution in [2.24, 2.45) is 0 Å². The Hall–Kier alpha value is -1.82. The number of fused-ring (bicyclic) bond motifs is 1. The van der Waals surface area contributed by atoms with Crippen molar-refractivity contribution < 1.29 is 9.21 Å². The van der Waals surface area contributed by atoms with Gasteiger partial charge in [0.25, 0.3) is 0 Å². The zero-order valence-corrected chi connectivity index (χ0v) is 13.5. The summed E-state index contributed by atoms with van der Waals surface area (Å²) in [6, 6.07) is 15.8. The molecular formula is C17H14INO2.